The number of nitrogens with zero attached hydrogens (tertiary/aromatic N) is 4. The van der Waals surface area contributed by atoms with Gasteiger partial charge in [-0.15, -0.1) is 5.10 Å². The number of furan rings is 1. The number of morpholine rings is 1. The number of hydrazone groups is 1. The Morgan fingerprint density at radius 1 is 1.10 bits per heavy atom. The molecule has 3 aliphatic rings. The van der Waals surface area contributed by atoms with Gasteiger partial charge in [-0.3, -0.25) is 10.2 Å². The number of ether oxygens (including phenoxy) is 1. The van der Waals surface area contributed by atoms with E-state index in [1.807, 2.05) is 0 Å². The van der Waals surface area contributed by atoms with E-state index in [-0.39, 0.29) is 11.4 Å². The third kappa shape index (κ3) is 3.89. The molecule has 0 aliphatic carbocycles. The molecule has 158 valence electrons. The van der Waals surface area contributed by atoms with Gasteiger partial charge in [0.1, 0.15) is 11.5 Å². The minimum absolute atomic E-state index is 0.0433. The molecule has 1 amide bonds. The Morgan fingerprint density at radius 3 is 2.68 bits per heavy atom. The van der Waals surface area contributed by atoms with Crippen molar-refractivity contribution in [3.05, 3.63) is 51.7 Å². The van der Waals surface area contributed by atoms with Crippen LogP contribution in [-0.2, 0) is 9.53 Å². The lowest BCUT2D eigenvalue weighted by Crippen LogP contribution is -2.39. The number of halogens is 2. The maximum atomic E-state index is 12.6. The highest BCUT2D eigenvalue weighted by Crippen LogP contribution is 2.32. The molecule has 31 heavy (non-hydrogen) atoms. The summed E-state index contributed by atoms with van der Waals surface area (Å²) in [5, 5.41) is 16.3. The fourth-order valence-corrected chi connectivity index (χ4v) is 4.48. The minimum Gasteiger partial charge on any atom is -0.457 e. The van der Waals surface area contributed by atoms with Gasteiger partial charge in [0, 0.05) is 18.7 Å². The first-order chi connectivity index (χ1) is 15.0. The van der Waals surface area contributed by atoms with Crippen molar-refractivity contribution in [1.29, 1.82) is 5.41 Å². The van der Waals surface area contributed by atoms with Crippen LogP contribution >= 0.6 is 35.0 Å². The van der Waals surface area contributed by atoms with E-state index in [2.05, 4.69) is 15.0 Å². The molecule has 1 aromatic carbocycles. The van der Waals surface area contributed by atoms with Gasteiger partial charge in [0.2, 0.25) is 5.17 Å². The molecule has 0 atom stereocenters. The van der Waals surface area contributed by atoms with E-state index in [4.69, 9.17) is 37.8 Å². The van der Waals surface area contributed by atoms with Crippen LogP contribution in [0.3, 0.4) is 0 Å². The largest absolute Gasteiger partial charge is 0.457 e. The number of amidine groups is 3. The second-order valence-electron chi connectivity index (χ2n) is 6.83. The van der Waals surface area contributed by atoms with Crippen LogP contribution in [0.5, 0.6) is 0 Å². The summed E-state index contributed by atoms with van der Waals surface area (Å²) in [4.78, 5) is 18.8. The van der Waals surface area contributed by atoms with Gasteiger partial charge in [0.25, 0.3) is 5.91 Å². The van der Waals surface area contributed by atoms with Crippen LogP contribution < -0.4 is 0 Å². The third-order valence-corrected chi connectivity index (χ3v) is 6.55. The zero-order valence-electron chi connectivity index (χ0n) is 16.0. The van der Waals surface area contributed by atoms with Crippen LogP contribution in [-0.4, -0.2) is 58.3 Å². The fraction of sp³-hybridized carbons (Fsp3) is 0.200. The molecule has 0 unspecified atom stereocenters. The Labute approximate surface area is 191 Å². The van der Waals surface area contributed by atoms with Crippen molar-refractivity contribution >= 4 is 63.1 Å². The third-order valence-electron chi connectivity index (χ3n) is 4.84. The number of nitrogens with one attached hydrogen (secondary N) is 1. The molecule has 2 aromatic rings. The molecule has 0 radical (unpaired) electrons. The Kier molecular flexibility index (Phi) is 5.35. The highest BCUT2D eigenvalue weighted by Gasteiger charge is 2.37. The van der Waals surface area contributed by atoms with Gasteiger partial charge >= 0.3 is 0 Å². The van der Waals surface area contributed by atoms with E-state index >= 15 is 0 Å². The molecule has 0 spiro atoms. The van der Waals surface area contributed by atoms with Gasteiger partial charge in [-0.1, -0.05) is 23.2 Å². The summed E-state index contributed by atoms with van der Waals surface area (Å²) in [6, 6.07) is 8.65. The van der Waals surface area contributed by atoms with Gasteiger partial charge < -0.3 is 14.1 Å². The normalized spacial score (nSPS) is 20.3. The zero-order valence-corrected chi connectivity index (χ0v) is 18.3. The Bertz CT molecular complexity index is 1180. The summed E-state index contributed by atoms with van der Waals surface area (Å²) in [6.45, 7) is 2.65. The number of carbonyl (C=O) groups is 1. The Hall–Kier alpha value is -2.59. The second-order valence-corrected chi connectivity index (χ2v) is 8.58. The van der Waals surface area contributed by atoms with E-state index in [9.17, 15) is 4.79 Å². The van der Waals surface area contributed by atoms with E-state index in [0.29, 0.717) is 58.2 Å². The summed E-state index contributed by atoms with van der Waals surface area (Å²) in [7, 11) is 0. The van der Waals surface area contributed by atoms with Gasteiger partial charge in [0.15, 0.2) is 11.0 Å². The quantitative estimate of drug-likeness (QED) is 0.655. The second kappa shape index (κ2) is 8.16. The molecule has 0 bridgehead atoms. The summed E-state index contributed by atoms with van der Waals surface area (Å²) in [6.07, 6.45) is 1.50. The van der Waals surface area contributed by atoms with Crippen LogP contribution in [0.25, 0.3) is 17.4 Å². The minimum atomic E-state index is -0.505. The summed E-state index contributed by atoms with van der Waals surface area (Å²) < 4.78 is 11.2. The number of hydrogen-bond acceptors (Lipinski definition) is 7. The summed E-state index contributed by atoms with van der Waals surface area (Å²) in [5.74, 6) is 0.429. The van der Waals surface area contributed by atoms with E-state index in [1.165, 1.54) is 22.8 Å². The number of benzene rings is 1. The average Bonchev–Trinajstić information content (AvgIpc) is 3.41. The van der Waals surface area contributed by atoms with E-state index < -0.39 is 5.91 Å². The highest BCUT2D eigenvalue weighted by molar-refractivity contribution is 8.26. The maximum absolute atomic E-state index is 12.6. The van der Waals surface area contributed by atoms with Crippen LogP contribution in [0.1, 0.15) is 5.76 Å². The van der Waals surface area contributed by atoms with E-state index in [0.717, 1.165) is 5.56 Å². The van der Waals surface area contributed by atoms with Crippen LogP contribution in [0.15, 0.2) is 50.4 Å². The molecule has 1 saturated heterocycles. The molecular weight excluding hydrogens is 461 g/mol. The standard InChI is InChI=1S/C20H15Cl2N5O3S/c21-14-3-1-11(9-15(14)22)16-4-2-12(30-16)10-13-17(23)27-19(24-18(13)28)31-20(25-27)26-5-7-29-8-6-26/h1-4,9-10,23H,5-8H2/b13-10+,23-17?. The molecule has 5 rings (SSSR count). The van der Waals surface area contributed by atoms with Crippen molar-refractivity contribution in [2.75, 3.05) is 26.3 Å². The first-order valence-corrected chi connectivity index (χ1v) is 10.9. The molecule has 4 heterocycles. The lowest BCUT2D eigenvalue weighted by Gasteiger charge is -2.26. The molecule has 3 aliphatic heterocycles. The Balaban J connectivity index is 1.40. The first-order valence-electron chi connectivity index (χ1n) is 9.38. The zero-order chi connectivity index (χ0) is 21.5. The molecule has 11 heteroatoms. The van der Waals surface area contributed by atoms with Crippen molar-refractivity contribution in [2.45, 2.75) is 0 Å². The number of thioether (sulfide) groups is 1. The van der Waals surface area contributed by atoms with Crippen molar-refractivity contribution in [2.24, 2.45) is 10.1 Å². The lowest BCUT2D eigenvalue weighted by atomic mass is 10.1. The summed E-state index contributed by atoms with van der Waals surface area (Å²) >= 11 is 13.3. The number of amides is 1. The number of fused-ring (bicyclic) bond motifs is 1. The van der Waals surface area contributed by atoms with Crippen molar-refractivity contribution in [1.82, 2.24) is 9.91 Å². The fourth-order valence-electron chi connectivity index (χ4n) is 3.24. The molecule has 1 N–H and O–H groups in total. The molecular formula is C20H15Cl2N5O3S. The van der Waals surface area contributed by atoms with Crippen molar-refractivity contribution < 1.29 is 13.9 Å². The van der Waals surface area contributed by atoms with E-state index in [1.54, 1.807) is 30.3 Å². The van der Waals surface area contributed by atoms with Gasteiger partial charge in [-0.05, 0) is 48.2 Å². The lowest BCUT2D eigenvalue weighted by molar-refractivity contribution is -0.114. The highest BCUT2D eigenvalue weighted by atomic mass is 35.5. The smallest absolute Gasteiger partial charge is 0.283 e. The Morgan fingerprint density at radius 2 is 1.90 bits per heavy atom. The molecule has 1 fully saturated rings. The monoisotopic (exact) mass is 475 g/mol. The van der Waals surface area contributed by atoms with Gasteiger partial charge in [0.05, 0.1) is 28.8 Å². The molecule has 1 aromatic heterocycles. The number of hydrogen-bond donors (Lipinski definition) is 1. The predicted molar refractivity (Wildman–Crippen MR) is 122 cm³/mol. The topological polar surface area (TPSA) is 94.5 Å². The van der Waals surface area contributed by atoms with Crippen LogP contribution in [0.4, 0.5) is 0 Å². The number of aliphatic imine (C=N–C) groups is 1. The SMILES string of the molecule is N=C1/C(=C\c2ccc(-c3ccc(Cl)c(Cl)c3)o2)C(=O)N=C2SC(N3CCOCC3)=NN12. The first kappa shape index (κ1) is 20.3. The molecule has 8 nitrogen and oxygen atoms in total. The maximum Gasteiger partial charge on any atom is 0.283 e. The number of carbonyl (C=O) groups excluding carboxylic acids is 1. The number of rotatable bonds is 2. The molecule has 0 saturated carbocycles. The van der Waals surface area contributed by atoms with Crippen molar-refractivity contribution in [3.63, 3.8) is 0 Å². The summed E-state index contributed by atoms with van der Waals surface area (Å²) in [5.41, 5.74) is 0.853. The average molecular weight is 476 g/mol. The van der Waals surface area contributed by atoms with Gasteiger partial charge in [-0.2, -0.15) is 10.0 Å². The predicted octanol–water partition coefficient (Wildman–Crippen LogP) is 4.16. The van der Waals surface area contributed by atoms with Crippen LogP contribution in [0, 0.1) is 5.41 Å². The van der Waals surface area contributed by atoms with Crippen LogP contribution in [0.2, 0.25) is 10.0 Å². The van der Waals surface area contributed by atoms with Gasteiger partial charge in [-0.25, -0.2) is 0 Å². The van der Waals surface area contributed by atoms with Crippen molar-refractivity contribution in [3.8, 4) is 11.3 Å².